The Bertz CT molecular complexity index is 895. The molecule has 0 unspecified atom stereocenters. The van der Waals surface area contributed by atoms with Crippen LogP contribution >= 0.6 is 23.1 Å². The number of carbonyl (C=O) groups excluding carboxylic acids is 1. The predicted octanol–water partition coefficient (Wildman–Crippen LogP) is 4.86. The van der Waals surface area contributed by atoms with E-state index in [4.69, 9.17) is 5.26 Å². The zero-order valence-electron chi connectivity index (χ0n) is 15.6. The van der Waals surface area contributed by atoms with Crippen molar-refractivity contribution in [2.75, 3.05) is 5.32 Å². The standard InChI is InChI=1S/C21H22N4OS2/c22-11-13-1-3-14(4-2-13)12-27-20-25-24-19(28-20)23-18(26)21-8-15-5-16(9-21)7-17(6-15)10-21/h1-4,15-17H,5-10,12H2,(H,23,24,26). The highest BCUT2D eigenvalue weighted by molar-refractivity contribution is 8.00. The summed E-state index contributed by atoms with van der Waals surface area (Å²) < 4.78 is 0.852. The normalized spacial score (nSPS) is 30.2. The maximum Gasteiger partial charge on any atom is 0.232 e. The summed E-state index contributed by atoms with van der Waals surface area (Å²) in [5.74, 6) is 3.20. The van der Waals surface area contributed by atoms with Gasteiger partial charge in [0.05, 0.1) is 17.0 Å². The van der Waals surface area contributed by atoms with Crippen LogP contribution in [0.3, 0.4) is 0 Å². The van der Waals surface area contributed by atoms with Crippen molar-refractivity contribution in [3.63, 3.8) is 0 Å². The fourth-order valence-electron chi connectivity index (χ4n) is 5.76. The molecule has 0 aliphatic heterocycles. The molecule has 5 nitrogen and oxygen atoms in total. The van der Waals surface area contributed by atoms with Gasteiger partial charge in [-0.15, -0.1) is 10.2 Å². The van der Waals surface area contributed by atoms with Crippen LogP contribution < -0.4 is 5.32 Å². The molecule has 4 fully saturated rings. The molecule has 6 rings (SSSR count). The van der Waals surface area contributed by atoms with Crippen LogP contribution in [0.4, 0.5) is 5.13 Å². The van der Waals surface area contributed by atoms with Gasteiger partial charge in [-0.25, -0.2) is 0 Å². The number of nitrogens with one attached hydrogen (secondary N) is 1. The van der Waals surface area contributed by atoms with E-state index in [-0.39, 0.29) is 11.3 Å². The van der Waals surface area contributed by atoms with Gasteiger partial charge in [-0.3, -0.25) is 4.79 Å². The van der Waals surface area contributed by atoms with E-state index in [0.29, 0.717) is 10.7 Å². The van der Waals surface area contributed by atoms with E-state index >= 15 is 0 Å². The lowest BCUT2D eigenvalue weighted by atomic mass is 9.49. The van der Waals surface area contributed by atoms with Crippen molar-refractivity contribution < 1.29 is 4.79 Å². The van der Waals surface area contributed by atoms with Gasteiger partial charge in [-0.1, -0.05) is 35.2 Å². The summed E-state index contributed by atoms with van der Waals surface area (Å²) in [5.41, 5.74) is 1.65. The zero-order chi connectivity index (χ0) is 19.1. The SMILES string of the molecule is N#Cc1ccc(CSc2nnc(NC(=O)C34CC5CC(CC(C5)C3)C4)s2)cc1. The molecule has 4 aliphatic carbocycles. The van der Waals surface area contributed by atoms with Gasteiger partial charge in [-0.05, 0) is 74.0 Å². The van der Waals surface area contributed by atoms with Crippen LogP contribution in [0.15, 0.2) is 28.6 Å². The Hall–Kier alpha value is -1.91. The molecule has 1 aromatic carbocycles. The number of amides is 1. The fourth-order valence-corrected chi connectivity index (χ4v) is 7.46. The quantitative estimate of drug-likeness (QED) is 0.563. The van der Waals surface area contributed by atoms with E-state index in [2.05, 4.69) is 21.6 Å². The Morgan fingerprint density at radius 2 is 1.79 bits per heavy atom. The van der Waals surface area contributed by atoms with Gasteiger partial charge in [-0.2, -0.15) is 5.26 Å². The fraction of sp³-hybridized carbons (Fsp3) is 0.524. The number of nitrogens with zero attached hydrogens (tertiary/aromatic N) is 3. The lowest BCUT2D eigenvalue weighted by Gasteiger charge is -2.55. The van der Waals surface area contributed by atoms with Crippen LogP contribution in [0.2, 0.25) is 0 Å². The van der Waals surface area contributed by atoms with Crippen molar-refractivity contribution in [1.82, 2.24) is 10.2 Å². The summed E-state index contributed by atoms with van der Waals surface area (Å²) in [6, 6.07) is 9.70. The number of carbonyl (C=O) groups is 1. The van der Waals surface area contributed by atoms with Crippen molar-refractivity contribution in [3.8, 4) is 6.07 Å². The molecule has 0 atom stereocenters. The van der Waals surface area contributed by atoms with Gasteiger partial charge in [0.15, 0.2) is 4.34 Å². The number of aromatic nitrogens is 2. The zero-order valence-corrected chi connectivity index (χ0v) is 17.2. The van der Waals surface area contributed by atoms with Crippen LogP contribution in [0, 0.1) is 34.5 Å². The highest BCUT2D eigenvalue weighted by Gasteiger charge is 2.54. The van der Waals surface area contributed by atoms with Gasteiger partial charge >= 0.3 is 0 Å². The average Bonchev–Trinajstić information content (AvgIpc) is 3.13. The summed E-state index contributed by atoms with van der Waals surface area (Å²) in [6.45, 7) is 0. The number of hydrogen-bond acceptors (Lipinski definition) is 6. The number of anilines is 1. The Morgan fingerprint density at radius 1 is 1.14 bits per heavy atom. The Morgan fingerprint density at radius 3 is 2.39 bits per heavy atom. The summed E-state index contributed by atoms with van der Waals surface area (Å²) in [4.78, 5) is 13.1. The van der Waals surface area contributed by atoms with Crippen molar-refractivity contribution in [1.29, 1.82) is 5.26 Å². The number of nitriles is 1. The molecule has 1 N–H and O–H groups in total. The minimum Gasteiger partial charge on any atom is -0.300 e. The summed E-state index contributed by atoms with van der Waals surface area (Å²) in [6.07, 6.45) is 7.18. The van der Waals surface area contributed by atoms with Gasteiger partial charge < -0.3 is 5.32 Å². The summed E-state index contributed by atoms with van der Waals surface area (Å²) in [7, 11) is 0. The first kappa shape index (κ1) is 18.1. The molecule has 1 aromatic heterocycles. The smallest absolute Gasteiger partial charge is 0.232 e. The molecule has 1 heterocycles. The molecular weight excluding hydrogens is 388 g/mol. The molecule has 28 heavy (non-hydrogen) atoms. The van der Waals surface area contributed by atoms with E-state index < -0.39 is 0 Å². The number of thioether (sulfide) groups is 1. The van der Waals surface area contributed by atoms with Crippen molar-refractivity contribution in [2.24, 2.45) is 23.2 Å². The second-order valence-corrected chi connectivity index (χ2v) is 10.8. The van der Waals surface area contributed by atoms with E-state index in [0.717, 1.165) is 52.7 Å². The molecule has 2 aromatic rings. The second kappa shape index (κ2) is 7.16. The Kier molecular flexibility index (Phi) is 4.64. The molecule has 1 amide bonds. The molecule has 0 saturated heterocycles. The second-order valence-electron chi connectivity index (χ2n) is 8.62. The predicted molar refractivity (Wildman–Crippen MR) is 110 cm³/mol. The van der Waals surface area contributed by atoms with E-state index in [9.17, 15) is 4.79 Å². The summed E-state index contributed by atoms with van der Waals surface area (Å²) >= 11 is 3.05. The van der Waals surface area contributed by atoms with Gasteiger partial charge in [0, 0.05) is 5.75 Å². The van der Waals surface area contributed by atoms with Crippen LogP contribution in [0.5, 0.6) is 0 Å². The van der Waals surface area contributed by atoms with Gasteiger partial charge in [0.25, 0.3) is 0 Å². The van der Waals surface area contributed by atoms with E-state index in [1.54, 1.807) is 11.8 Å². The minimum absolute atomic E-state index is 0.157. The largest absolute Gasteiger partial charge is 0.300 e. The van der Waals surface area contributed by atoms with Crippen LogP contribution in [-0.4, -0.2) is 16.1 Å². The molecule has 0 spiro atoms. The lowest BCUT2D eigenvalue weighted by molar-refractivity contribution is -0.140. The lowest BCUT2D eigenvalue weighted by Crippen LogP contribution is -2.51. The molecule has 7 heteroatoms. The first-order valence-corrected chi connectivity index (χ1v) is 11.7. The molecule has 4 aliphatic rings. The molecule has 0 radical (unpaired) electrons. The van der Waals surface area contributed by atoms with Gasteiger partial charge in [0.2, 0.25) is 11.0 Å². The highest BCUT2D eigenvalue weighted by Crippen LogP contribution is 2.60. The first-order chi connectivity index (χ1) is 13.6. The number of hydrogen-bond donors (Lipinski definition) is 1. The van der Waals surface area contributed by atoms with Crippen LogP contribution in [0.25, 0.3) is 0 Å². The van der Waals surface area contributed by atoms with Crippen LogP contribution in [-0.2, 0) is 10.5 Å². The maximum atomic E-state index is 13.1. The highest BCUT2D eigenvalue weighted by atomic mass is 32.2. The van der Waals surface area contributed by atoms with Crippen molar-refractivity contribution in [2.45, 2.75) is 48.6 Å². The molecule has 4 bridgehead atoms. The van der Waals surface area contributed by atoms with E-state index in [1.807, 2.05) is 24.3 Å². The monoisotopic (exact) mass is 410 g/mol. The molecule has 4 saturated carbocycles. The van der Waals surface area contributed by atoms with Crippen molar-refractivity contribution >= 4 is 34.1 Å². The topological polar surface area (TPSA) is 78.7 Å². The number of rotatable bonds is 5. The Balaban J connectivity index is 1.20. The minimum atomic E-state index is -0.157. The molecule has 144 valence electrons. The Labute approximate surface area is 172 Å². The number of benzene rings is 1. The first-order valence-electron chi connectivity index (χ1n) is 9.89. The third kappa shape index (κ3) is 3.44. The molecular formula is C21H22N4OS2. The third-order valence-corrected chi connectivity index (χ3v) is 8.64. The van der Waals surface area contributed by atoms with Crippen molar-refractivity contribution in [3.05, 3.63) is 35.4 Å². The van der Waals surface area contributed by atoms with E-state index in [1.165, 1.54) is 30.6 Å². The maximum absolute atomic E-state index is 13.1. The summed E-state index contributed by atoms with van der Waals surface area (Å²) in [5, 5.41) is 21.0. The average molecular weight is 411 g/mol. The van der Waals surface area contributed by atoms with Crippen LogP contribution in [0.1, 0.15) is 49.7 Å². The third-order valence-electron chi connectivity index (χ3n) is 6.59. The van der Waals surface area contributed by atoms with Gasteiger partial charge in [0.1, 0.15) is 0 Å².